The summed E-state index contributed by atoms with van der Waals surface area (Å²) in [5.41, 5.74) is 1.69. The van der Waals surface area contributed by atoms with Crippen molar-refractivity contribution < 1.29 is 14.7 Å². The van der Waals surface area contributed by atoms with Crippen molar-refractivity contribution in [1.29, 1.82) is 0 Å². The number of aryl methyl sites for hydroxylation is 1. The van der Waals surface area contributed by atoms with Gasteiger partial charge in [-0.2, -0.15) is 0 Å². The van der Waals surface area contributed by atoms with Crippen LogP contribution in [-0.2, 0) is 4.79 Å². The van der Waals surface area contributed by atoms with Crippen molar-refractivity contribution in [3.8, 4) is 0 Å². The fraction of sp³-hybridized carbons (Fsp3) is 0.467. The van der Waals surface area contributed by atoms with Crippen molar-refractivity contribution in [3.63, 3.8) is 0 Å². The van der Waals surface area contributed by atoms with E-state index in [1.54, 1.807) is 11.0 Å². The van der Waals surface area contributed by atoms with Gasteiger partial charge in [0.1, 0.15) is 0 Å². The maximum Gasteiger partial charge on any atom is 0.303 e. The highest BCUT2D eigenvalue weighted by molar-refractivity contribution is 9.10. The van der Waals surface area contributed by atoms with Crippen molar-refractivity contribution in [1.82, 2.24) is 4.90 Å². The van der Waals surface area contributed by atoms with E-state index < -0.39 is 5.97 Å². The molecule has 20 heavy (non-hydrogen) atoms. The van der Waals surface area contributed by atoms with Crippen molar-refractivity contribution in [3.05, 3.63) is 33.8 Å². The minimum atomic E-state index is -0.834. The van der Waals surface area contributed by atoms with Gasteiger partial charge in [0.15, 0.2) is 0 Å². The van der Waals surface area contributed by atoms with Crippen molar-refractivity contribution in [2.45, 2.75) is 39.7 Å². The zero-order valence-corrected chi connectivity index (χ0v) is 13.6. The SMILES string of the molecule is Cc1ccc(C(=O)N(CCCC(=O)O)C(C)C)cc1Br. The largest absolute Gasteiger partial charge is 0.481 e. The highest BCUT2D eigenvalue weighted by Crippen LogP contribution is 2.19. The molecular formula is C15H20BrNO3. The van der Waals surface area contributed by atoms with Crippen LogP contribution in [0, 0.1) is 6.92 Å². The molecule has 0 fully saturated rings. The Bertz CT molecular complexity index is 500. The van der Waals surface area contributed by atoms with E-state index in [1.807, 2.05) is 32.9 Å². The van der Waals surface area contributed by atoms with Crippen LogP contribution in [0.15, 0.2) is 22.7 Å². The standard InChI is InChI=1S/C15H20BrNO3/c1-10(2)17(8-4-5-14(18)19)15(20)12-7-6-11(3)13(16)9-12/h6-7,9-10H,4-5,8H2,1-3H3,(H,18,19). The van der Waals surface area contributed by atoms with Crippen LogP contribution in [0.5, 0.6) is 0 Å². The lowest BCUT2D eigenvalue weighted by atomic mass is 10.1. The summed E-state index contributed by atoms with van der Waals surface area (Å²) in [6.07, 6.45) is 0.542. The second kappa shape index (κ2) is 7.43. The maximum atomic E-state index is 12.5. The molecule has 0 unspecified atom stereocenters. The van der Waals surface area contributed by atoms with E-state index in [4.69, 9.17) is 5.11 Å². The fourth-order valence-corrected chi connectivity index (χ4v) is 2.27. The molecule has 0 aliphatic rings. The molecule has 1 aromatic rings. The Hall–Kier alpha value is -1.36. The van der Waals surface area contributed by atoms with Gasteiger partial charge in [-0.05, 0) is 44.9 Å². The molecule has 1 amide bonds. The molecule has 0 aliphatic carbocycles. The van der Waals surface area contributed by atoms with Gasteiger partial charge in [-0.25, -0.2) is 0 Å². The van der Waals surface area contributed by atoms with Crippen LogP contribution in [0.25, 0.3) is 0 Å². The third-order valence-corrected chi connectivity index (χ3v) is 3.95. The summed E-state index contributed by atoms with van der Waals surface area (Å²) in [5, 5.41) is 8.68. The van der Waals surface area contributed by atoms with E-state index in [2.05, 4.69) is 15.9 Å². The first-order valence-electron chi connectivity index (χ1n) is 6.62. The summed E-state index contributed by atoms with van der Waals surface area (Å²) in [4.78, 5) is 24.8. The molecule has 4 nitrogen and oxygen atoms in total. The Morgan fingerprint density at radius 1 is 1.35 bits per heavy atom. The molecule has 110 valence electrons. The molecule has 0 radical (unpaired) electrons. The first kappa shape index (κ1) is 16.7. The number of carboxylic acid groups (broad SMARTS) is 1. The van der Waals surface area contributed by atoms with Crippen molar-refractivity contribution in [2.75, 3.05) is 6.54 Å². The highest BCUT2D eigenvalue weighted by Gasteiger charge is 2.19. The summed E-state index contributed by atoms with van der Waals surface area (Å²) in [7, 11) is 0. The average molecular weight is 342 g/mol. The van der Waals surface area contributed by atoms with E-state index >= 15 is 0 Å². The third-order valence-electron chi connectivity index (χ3n) is 3.09. The zero-order chi connectivity index (χ0) is 15.3. The number of benzene rings is 1. The number of nitrogens with zero attached hydrogens (tertiary/aromatic N) is 1. The van der Waals surface area contributed by atoms with Crippen LogP contribution in [0.4, 0.5) is 0 Å². The Balaban J connectivity index is 2.82. The van der Waals surface area contributed by atoms with E-state index in [1.165, 1.54) is 0 Å². The Morgan fingerprint density at radius 2 is 2.00 bits per heavy atom. The molecule has 5 heteroatoms. The Labute approximate surface area is 127 Å². The van der Waals surface area contributed by atoms with E-state index in [9.17, 15) is 9.59 Å². The molecule has 0 heterocycles. The quantitative estimate of drug-likeness (QED) is 0.861. The smallest absolute Gasteiger partial charge is 0.303 e. The minimum absolute atomic E-state index is 0.0383. The minimum Gasteiger partial charge on any atom is -0.481 e. The molecular weight excluding hydrogens is 322 g/mol. The van der Waals surface area contributed by atoms with Gasteiger partial charge in [-0.3, -0.25) is 9.59 Å². The molecule has 1 N–H and O–H groups in total. The summed E-state index contributed by atoms with van der Waals surface area (Å²) < 4.78 is 0.901. The van der Waals surface area contributed by atoms with Crippen molar-refractivity contribution in [2.24, 2.45) is 0 Å². The first-order chi connectivity index (χ1) is 9.32. The van der Waals surface area contributed by atoms with Crippen LogP contribution in [0.3, 0.4) is 0 Å². The average Bonchev–Trinajstić information content (AvgIpc) is 2.36. The number of carbonyl (C=O) groups excluding carboxylic acids is 1. The van der Waals surface area contributed by atoms with Gasteiger partial charge in [0, 0.05) is 29.0 Å². The molecule has 0 saturated heterocycles. The number of carboxylic acids is 1. The monoisotopic (exact) mass is 341 g/mol. The summed E-state index contributed by atoms with van der Waals surface area (Å²) in [5.74, 6) is -0.898. The van der Waals surface area contributed by atoms with Gasteiger partial charge < -0.3 is 10.0 Å². The number of carbonyl (C=O) groups is 2. The topological polar surface area (TPSA) is 57.6 Å². The number of rotatable bonds is 6. The second-order valence-corrected chi connectivity index (χ2v) is 5.91. The molecule has 1 rings (SSSR count). The van der Waals surface area contributed by atoms with E-state index in [0.29, 0.717) is 18.5 Å². The molecule has 0 bridgehead atoms. The van der Waals surface area contributed by atoms with Crippen LogP contribution in [0.1, 0.15) is 42.6 Å². The fourth-order valence-electron chi connectivity index (χ4n) is 1.89. The number of hydrogen-bond acceptors (Lipinski definition) is 2. The Morgan fingerprint density at radius 3 is 2.50 bits per heavy atom. The molecule has 0 aromatic heterocycles. The van der Waals surface area contributed by atoms with Crippen LogP contribution >= 0.6 is 15.9 Å². The predicted octanol–water partition coefficient (Wildman–Crippen LogP) is 3.47. The second-order valence-electron chi connectivity index (χ2n) is 5.05. The van der Waals surface area contributed by atoms with E-state index in [-0.39, 0.29) is 18.4 Å². The Kier molecular flexibility index (Phi) is 6.20. The molecule has 0 saturated carbocycles. The van der Waals surface area contributed by atoms with Crippen molar-refractivity contribution >= 4 is 27.8 Å². The third kappa shape index (κ3) is 4.63. The lowest BCUT2D eigenvalue weighted by molar-refractivity contribution is -0.137. The van der Waals surface area contributed by atoms with Gasteiger partial charge in [0.2, 0.25) is 0 Å². The normalized spacial score (nSPS) is 10.7. The molecule has 0 aliphatic heterocycles. The van der Waals surface area contributed by atoms with Gasteiger partial charge >= 0.3 is 5.97 Å². The first-order valence-corrected chi connectivity index (χ1v) is 7.41. The number of halogens is 1. The highest BCUT2D eigenvalue weighted by atomic mass is 79.9. The lowest BCUT2D eigenvalue weighted by Crippen LogP contribution is -2.37. The maximum absolute atomic E-state index is 12.5. The van der Waals surface area contributed by atoms with E-state index in [0.717, 1.165) is 10.0 Å². The van der Waals surface area contributed by atoms with Gasteiger partial charge in [0.25, 0.3) is 5.91 Å². The zero-order valence-electron chi connectivity index (χ0n) is 12.0. The summed E-state index contributed by atoms with van der Waals surface area (Å²) in [6.45, 7) is 6.28. The van der Waals surface area contributed by atoms with Gasteiger partial charge in [-0.15, -0.1) is 0 Å². The van der Waals surface area contributed by atoms with Gasteiger partial charge in [-0.1, -0.05) is 22.0 Å². The number of amides is 1. The number of aliphatic carboxylic acids is 1. The predicted molar refractivity (Wildman–Crippen MR) is 81.9 cm³/mol. The molecule has 0 atom stereocenters. The summed E-state index contributed by atoms with van der Waals surface area (Å²) in [6, 6.07) is 5.54. The van der Waals surface area contributed by atoms with Crippen LogP contribution < -0.4 is 0 Å². The van der Waals surface area contributed by atoms with Crippen LogP contribution in [-0.4, -0.2) is 34.5 Å². The van der Waals surface area contributed by atoms with Crippen LogP contribution in [0.2, 0.25) is 0 Å². The molecule has 0 spiro atoms. The lowest BCUT2D eigenvalue weighted by Gasteiger charge is -2.27. The number of hydrogen-bond donors (Lipinski definition) is 1. The van der Waals surface area contributed by atoms with Gasteiger partial charge in [0.05, 0.1) is 0 Å². The molecule has 1 aromatic carbocycles. The summed E-state index contributed by atoms with van der Waals surface area (Å²) >= 11 is 3.42.